The van der Waals surface area contributed by atoms with Crippen LogP contribution in [0.5, 0.6) is 0 Å². The smallest absolute Gasteiger partial charge is 0.324 e. The minimum Gasteiger partial charge on any atom is -0.324 e. The van der Waals surface area contributed by atoms with Gasteiger partial charge in [-0.2, -0.15) is 0 Å². The van der Waals surface area contributed by atoms with Crippen molar-refractivity contribution in [2.24, 2.45) is 7.05 Å². The summed E-state index contributed by atoms with van der Waals surface area (Å²) in [6.07, 6.45) is -0.326. The minimum absolute atomic E-state index is 0.189. The molecule has 0 saturated carbocycles. The van der Waals surface area contributed by atoms with Crippen molar-refractivity contribution >= 4 is 30.1 Å². The molecule has 1 aromatic heterocycles. The predicted octanol–water partition coefficient (Wildman–Crippen LogP) is 2.93. The maximum Gasteiger partial charge on any atom is 0.329 e. The number of benzene rings is 2. The van der Waals surface area contributed by atoms with Crippen molar-refractivity contribution in [2.45, 2.75) is 6.16 Å². The third-order valence-electron chi connectivity index (χ3n) is 3.64. The normalized spacial score (nSPS) is 11.8. The first-order valence-electron chi connectivity index (χ1n) is 7.05. The second-order valence-corrected chi connectivity index (χ2v) is 7.56. The molecule has 0 bridgehead atoms. The molecule has 0 amide bonds. The lowest BCUT2D eigenvalue weighted by Gasteiger charge is -2.10. The van der Waals surface area contributed by atoms with E-state index in [4.69, 9.17) is 21.4 Å². The summed E-state index contributed by atoms with van der Waals surface area (Å²) in [5, 5.41) is 0.968. The number of fused-ring (bicyclic) bond motifs is 1. The molecule has 0 radical (unpaired) electrons. The molecule has 1 heterocycles. The van der Waals surface area contributed by atoms with Gasteiger partial charge in [0.2, 0.25) is 0 Å². The third-order valence-corrected chi connectivity index (χ3v) is 4.65. The largest absolute Gasteiger partial charge is 0.329 e. The van der Waals surface area contributed by atoms with Crippen molar-refractivity contribution < 1.29 is 14.4 Å². The van der Waals surface area contributed by atoms with E-state index in [1.807, 2.05) is 0 Å². The molecule has 0 aliphatic carbocycles. The molecule has 0 atom stereocenters. The highest BCUT2D eigenvalue weighted by Gasteiger charge is 2.15. The Balaban J connectivity index is 2.10. The van der Waals surface area contributed by atoms with Crippen molar-refractivity contribution in [3.63, 3.8) is 0 Å². The molecule has 0 saturated heterocycles. The van der Waals surface area contributed by atoms with Crippen LogP contribution < -0.4 is 5.56 Å². The second kappa shape index (κ2) is 6.15. The Labute approximate surface area is 142 Å². The molecule has 24 heavy (non-hydrogen) atoms. The lowest BCUT2D eigenvalue weighted by molar-refractivity contribution is 0.371. The third kappa shape index (κ3) is 3.42. The fraction of sp³-hybridized carbons (Fsp3) is 0.125. The fourth-order valence-corrected chi connectivity index (χ4v) is 3.35. The van der Waals surface area contributed by atoms with E-state index in [0.717, 1.165) is 0 Å². The molecule has 3 rings (SSSR count). The van der Waals surface area contributed by atoms with Crippen molar-refractivity contribution in [3.8, 4) is 11.4 Å². The number of rotatable bonds is 3. The quantitative estimate of drug-likeness (QED) is 0.697. The van der Waals surface area contributed by atoms with Gasteiger partial charge in [0, 0.05) is 17.6 Å². The van der Waals surface area contributed by atoms with Crippen LogP contribution in [0.25, 0.3) is 22.3 Å². The van der Waals surface area contributed by atoms with Crippen LogP contribution in [0.1, 0.15) is 5.56 Å². The molecule has 2 aromatic carbocycles. The van der Waals surface area contributed by atoms with E-state index in [1.165, 1.54) is 4.57 Å². The predicted molar refractivity (Wildman–Crippen MR) is 93.2 cm³/mol. The highest BCUT2D eigenvalue weighted by atomic mass is 35.5. The number of halogens is 1. The van der Waals surface area contributed by atoms with E-state index in [0.29, 0.717) is 32.9 Å². The molecule has 2 N–H and O–H groups in total. The van der Waals surface area contributed by atoms with Crippen LogP contribution in [0.3, 0.4) is 0 Å². The SMILES string of the molecule is Cn1c(-c2ccc(CP(=O)(O)O)cc2)nc2cc(Cl)ccc2c1=O. The molecule has 0 aliphatic heterocycles. The first-order chi connectivity index (χ1) is 11.2. The lowest BCUT2D eigenvalue weighted by Crippen LogP contribution is -2.20. The monoisotopic (exact) mass is 364 g/mol. The number of hydrogen-bond donors (Lipinski definition) is 2. The van der Waals surface area contributed by atoms with Gasteiger partial charge in [-0.1, -0.05) is 35.9 Å². The zero-order chi connectivity index (χ0) is 17.5. The maximum atomic E-state index is 12.5. The van der Waals surface area contributed by atoms with Gasteiger partial charge in [-0.3, -0.25) is 13.9 Å². The van der Waals surface area contributed by atoms with Crippen LogP contribution in [-0.4, -0.2) is 19.3 Å². The van der Waals surface area contributed by atoms with Crippen molar-refractivity contribution in [1.29, 1.82) is 0 Å². The van der Waals surface area contributed by atoms with Gasteiger partial charge in [-0.25, -0.2) is 4.98 Å². The summed E-state index contributed by atoms with van der Waals surface area (Å²) >= 11 is 5.97. The standard InChI is InChI=1S/C16H14ClN2O4P/c1-19-15(11-4-2-10(3-5-11)9-24(21,22)23)18-14-8-12(17)6-7-13(14)16(19)20/h2-8H,9H2,1H3,(H2,21,22,23). The molecule has 3 aromatic rings. The Morgan fingerprint density at radius 2 is 1.83 bits per heavy atom. The van der Waals surface area contributed by atoms with Gasteiger partial charge < -0.3 is 9.79 Å². The van der Waals surface area contributed by atoms with Crippen LogP contribution >= 0.6 is 19.2 Å². The summed E-state index contributed by atoms with van der Waals surface area (Å²) in [6.45, 7) is 0. The maximum absolute atomic E-state index is 12.5. The summed E-state index contributed by atoms with van der Waals surface area (Å²) in [5.74, 6) is 0.456. The molecule has 0 aliphatic rings. The lowest BCUT2D eigenvalue weighted by atomic mass is 10.1. The molecular formula is C16H14ClN2O4P. The van der Waals surface area contributed by atoms with Gasteiger partial charge in [0.15, 0.2) is 0 Å². The van der Waals surface area contributed by atoms with Crippen molar-refractivity contribution in [1.82, 2.24) is 9.55 Å². The highest BCUT2D eigenvalue weighted by molar-refractivity contribution is 7.50. The highest BCUT2D eigenvalue weighted by Crippen LogP contribution is 2.39. The van der Waals surface area contributed by atoms with E-state index >= 15 is 0 Å². The molecule has 124 valence electrons. The van der Waals surface area contributed by atoms with Crippen molar-refractivity contribution in [2.75, 3.05) is 0 Å². The van der Waals surface area contributed by atoms with Gasteiger partial charge >= 0.3 is 7.60 Å². The number of aromatic nitrogens is 2. The van der Waals surface area contributed by atoms with Crippen LogP contribution in [0.4, 0.5) is 0 Å². The van der Waals surface area contributed by atoms with Gasteiger partial charge in [0.05, 0.1) is 17.1 Å². The average Bonchev–Trinajstić information content (AvgIpc) is 2.50. The number of nitrogens with zero attached hydrogens (tertiary/aromatic N) is 2. The van der Waals surface area contributed by atoms with E-state index in [1.54, 1.807) is 49.5 Å². The Kier molecular flexibility index (Phi) is 4.32. The Hall–Kier alpha value is -1.98. The minimum atomic E-state index is -4.12. The Bertz CT molecular complexity index is 1020. The van der Waals surface area contributed by atoms with Gasteiger partial charge in [-0.15, -0.1) is 0 Å². The molecular weight excluding hydrogens is 351 g/mol. The summed E-state index contributed by atoms with van der Waals surface area (Å²) in [7, 11) is -2.49. The van der Waals surface area contributed by atoms with E-state index in [2.05, 4.69) is 4.98 Å². The van der Waals surface area contributed by atoms with Crippen LogP contribution in [0.15, 0.2) is 47.3 Å². The first-order valence-corrected chi connectivity index (χ1v) is 9.22. The summed E-state index contributed by atoms with van der Waals surface area (Å²) in [4.78, 5) is 35.0. The van der Waals surface area contributed by atoms with Gasteiger partial charge in [-0.05, 0) is 23.8 Å². The van der Waals surface area contributed by atoms with Crippen LogP contribution in [-0.2, 0) is 17.8 Å². The van der Waals surface area contributed by atoms with Crippen LogP contribution in [0.2, 0.25) is 5.02 Å². The Morgan fingerprint density at radius 3 is 2.46 bits per heavy atom. The van der Waals surface area contributed by atoms with Gasteiger partial charge in [0.25, 0.3) is 5.56 Å². The fourth-order valence-electron chi connectivity index (χ4n) is 2.50. The Morgan fingerprint density at radius 1 is 1.17 bits per heavy atom. The molecule has 6 nitrogen and oxygen atoms in total. The summed E-state index contributed by atoms with van der Waals surface area (Å²) in [6, 6.07) is 11.5. The van der Waals surface area contributed by atoms with E-state index in [-0.39, 0.29) is 11.7 Å². The topological polar surface area (TPSA) is 92.4 Å². The zero-order valence-corrected chi connectivity index (χ0v) is 14.3. The van der Waals surface area contributed by atoms with E-state index in [9.17, 15) is 9.36 Å². The van der Waals surface area contributed by atoms with Crippen LogP contribution in [0, 0.1) is 0 Å². The molecule has 8 heteroatoms. The average molecular weight is 365 g/mol. The van der Waals surface area contributed by atoms with E-state index < -0.39 is 7.60 Å². The number of hydrogen-bond acceptors (Lipinski definition) is 3. The molecule has 0 unspecified atom stereocenters. The van der Waals surface area contributed by atoms with Gasteiger partial charge in [0.1, 0.15) is 5.82 Å². The molecule has 0 fully saturated rings. The first kappa shape index (κ1) is 16.9. The molecule has 0 spiro atoms. The van der Waals surface area contributed by atoms with Crippen molar-refractivity contribution in [3.05, 3.63) is 63.4 Å². The summed E-state index contributed by atoms with van der Waals surface area (Å²) in [5.41, 5.74) is 1.50. The summed E-state index contributed by atoms with van der Waals surface area (Å²) < 4.78 is 12.5. The zero-order valence-electron chi connectivity index (χ0n) is 12.7. The second-order valence-electron chi connectivity index (χ2n) is 5.48.